The Balaban J connectivity index is 3.26. The van der Waals surface area contributed by atoms with Crippen molar-refractivity contribution >= 4 is 21.9 Å². The second-order valence-corrected chi connectivity index (χ2v) is 3.98. The maximum absolute atomic E-state index is 13.5. The molecule has 88 valence electrons. The van der Waals surface area contributed by atoms with Crippen molar-refractivity contribution in [1.82, 2.24) is 0 Å². The van der Waals surface area contributed by atoms with Crippen LogP contribution in [0.15, 0.2) is 10.5 Å². The number of aliphatic carboxylic acids is 1. The van der Waals surface area contributed by atoms with Crippen LogP contribution in [0.4, 0.5) is 8.78 Å². The standard InChI is InChI=1S/C9H8BrF2NO3/c10-3-1-4(11)9(16)7(8(3)12)5(13)2-6(14)15/h1,5,16H,2,13H2,(H,14,15). The number of phenolic OH excluding ortho intramolecular Hbond substituents is 1. The zero-order valence-electron chi connectivity index (χ0n) is 7.88. The van der Waals surface area contributed by atoms with Crippen molar-refractivity contribution in [1.29, 1.82) is 0 Å². The molecule has 0 saturated heterocycles. The number of hydrogen-bond acceptors (Lipinski definition) is 3. The first-order valence-corrected chi connectivity index (χ1v) is 4.97. The van der Waals surface area contributed by atoms with Gasteiger partial charge in [0.1, 0.15) is 5.82 Å². The molecular weight excluding hydrogens is 288 g/mol. The fourth-order valence-electron chi connectivity index (χ4n) is 1.23. The average Bonchev–Trinajstić information content (AvgIpc) is 2.14. The Morgan fingerprint density at radius 3 is 2.62 bits per heavy atom. The molecule has 4 nitrogen and oxygen atoms in total. The Bertz CT molecular complexity index is 413. The minimum Gasteiger partial charge on any atom is -0.505 e. The highest BCUT2D eigenvalue weighted by atomic mass is 79.9. The van der Waals surface area contributed by atoms with Gasteiger partial charge < -0.3 is 15.9 Å². The van der Waals surface area contributed by atoms with E-state index in [-0.39, 0.29) is 4.47 Å². The van der Waals surface area contributed by atoms with Gasteiger partial charge in [0.15, 0.2) is 11.6 Å². The molecule has 0 spiro atoms. The molecule has 1 rings (SSSR count). The third-order valence-electron chi connectivity index (χ3n) is 1.95. The second kappa shape index (κ2) is 4.75. The van der Waals surface area contributed by atoms with E-state index in [1.54, 1.807) is 0 Å². The normalized spacial score (nSPS) is 12.5. The number of rotatable bonds is 3. The molecule has 0 aliphatic carbocycles. The lowest BCUT2D eigenvalue weighted by atomic mass is 10.0. The van der Waals surface area contributed by atoms with Gasteiger partial charge in [0.25, 0.3) is 0 Å². The Hall–Kier alpha value is -1.21. The number of carbonyl (C=O) groups is 1. The molecule has 0 heterocycles. The molecule has 0 amide bonds. The summed E-state index contributed by atoms with van der Waals surface area (Å²) in [6.45, 7) is 0. The highest BCUT2D eigenvalue weighted by molar-refractivity contribution is 9.10. The van der Waals surface area contributed by atoms with E-state index in [0.29, 0.717) is 0 Å². The van der Waals surface area contributed by atoms with Crippen molar-refractivity contribution < 1.29 is 23.8 Å². The Morgan fingerprint density at radius 1 is 1.56 bits per heavy atom. The van der Waals surface area contributed by atoms with Gasteiger partial charge in [-0.2, -0.15) is 0 Å². The van der Waals surface area contributed by atoms with Gasteiger partial charge in [0, 0.05) is 6.04 Å². The van der Waals surface area contributed by atoms with Crippen LogP contribution in [0.3, 0.4) is 0 Å². The van der Waals surface area contributed by atoms with Crippen LogP contribution in [-0.4, -0.2) is 16.2 Å². The first kappa shape index (κ1) is 12.9. The lowest BCUT2D eigenvalue weighted by Gasteiger charge is -2.14. The summed E-state index contributed by atoms with van der Waals surface area (Å²) in [4.78, 5) is 10.4. The third kappa shape index (κ3) is 2.48. The van der Waals surface area contributed by atoms with E-state index in [1.165, 1.54) is 0 Å². The number of benzene rings is 1. The molecule has 1 unspecified atom stereocenters. The first-order chi connectivity index (χ1) is 7.34. The van der Waals surface area contributed by atoms with Crippen molar-refractivity contribution in [3.8, 4) is 5.75 Å². The van der Waals surface area contributed by atoms with E-state index in [4.69, 9.17) is 10.8 Å². The molecule has 4 N–H and O–H groups in total. The van der Waals surface area contributed by atoms with Gasteiger partial charge in [-0.05, 0) is 22.0 Å². The monoisotopic (exact) mass is 295 g/mol. The van der Waals surface area contributed by atoms with Crippen molar-refractivity contribution in [3.05, 3.63) is 27.7 Å². The Morgan fingerprint density at radius 2 is 2.12 bits per heavy atom. The first-order valence-electron chi connectivity index (χ1n) is 4.18. The van der Waals surface area contributed by atoms with E-state index in [0.717, 1.165) is 6.07 Å². The predicted octanol–water partition coefficient (Wildman–Crippen LogP) is 1.91. The molecule has 16 heavy (non-hydrogen) atoms. The molecule has 1 atom stereocenters. The van der Waals surface area contributed by atoms with Gasteiger partial charge in [0.2, 0.25) is 0 Å². The van der Waals surface area contributed by atoms with Crippen LogP contribution >= 0.6 is 15.9 Å². The summed E-state index contributed by atoms with van der Waals surface area (Å²) in [7, 11) is 0. The average molecular weight is 296 g/mol. The summed E-state index contributed by atoms with van der Waals surface area (Å²) in [6, 6.07) is -0.578. The summed E-state index contributed by atoms with van der Waals surface area (Å²) in [5, 5.41) is 17.8. The minimum absolute atomic E-state index is 0.223. The van der Waals surface area contributed by atoms with Gasteiger partial charge in [-0.15, -0.1) is 0 Å². The summed E-state index contributed by atoms with van der Waals surface area (Å²) in [6.07, 6.45) is -0.611. The van der Waals surface area contributed by atoms with Crippen molar-refractivity contribution in [2.45, 2.75) is 12.5 Å². The van der Waals surface area contributed by atoms with Crippen molar-refractivity contribution in [3.63, 3.8) is 0 Å². The number of phenols is 1. The predicted molar refractivity (Wildman–Crippen MR) is 54.9 cm³/mol. The molecule has 1 aromatic rings. The number of carboxylic acids is 1. The second-order valence-electron chi connectivity index (χ2n) is 3.12. The Labute approximate surface area is 97.8 Å². The fourth-order valence-corrected chi connectivity index (χ4v) is 1.65. The molecule has 0 aliphatic heterocycles. The summed E-state index contributed by atoms with van der Waals surface area (Å²) in [5.41, 5.74) is 4.82. The topological polar surface area (TPSA) is 83.6 Å². The van der Waals surface area contributed by atoms with Crippen LogP contribution in [0.1, 0.15) is 18.0 Å². The maximum Gasteiger partial charge on any atom is 0.305 e. The number of nitrogens with two attached hydrogens (primary N) is 1. The number of aromatic hydroxyl groups is 1. The van der Waals surface area contributed by atoms with E-state index in [1.807, 2.05) is 0 Å². The summed E-state index contributed by atoms with van der Waals surface area (Å²) < 4.78 is 26.3. The van der Waals surface area contributed by atoms with Crippen LogP contribution in [0, 0.1) is 11.6 Å². The molecule has 0 aliphatic rings. The van der Waals surface area contributed by atoms with E-state index < -0.39 is 41.4 Å². The van der Waals surface area contributed by atoms with Gasteiger partial charge >= 0.3 is 5.97 Å². The summed E-state index contributed by atoms with van der Waals surface area (Å²) >= 11 is 2.74. The lowest BCUT2D eigenvalue weighted by Crippen LogP contribution is -2.17. The van der Waals surface area contributed by atoms with Crippen molar-refractivity contribution in [2.75, 3.05) is 0 Å². The zero-order chi connectivity index (χ0) is 12.5. The molecule has 0 bridgehead atoms. The highest BCUT2D eigenvalue weighted by Gasteiger charge is 2.23. The number of halogens is 3. The van der Waals surface area contributed by atoms with Gasteiger partial charge in [-0.3, -0.25) is 4.79 Å². The molecule has 7 heteroatoms. The molecular formula is C9H8BrF2NO3. The number of hydrogen-bond donors (Lipinski definition) is 3. The maximum atomic E-state index is 13.5. The lowest BCUT2D eigenvalue weighted by molar-refractivity contribution is -0.137. The number of carboxylic acid groups (broad SMARTS) is 1. The molecule has 0 fully saturated rings. The highest BCUT2D eigenvalue weighted by Crippen LogP contribution is 2.34. The minimum atomic E-state index is -1.32. The van der Waals surface area contributed by atoms with E-state index in [9.17, 15) is 18.7 Å². The van der Waals surface area contributed by atoms with Crippen LogP contribution in [-0.2, 0) is 4.79 Å². The largest absolute Gasteiger partial charge is 0.505 e. The van der Waals surface area contributed by atoms with E-state index >= 15 is 0 Å². The van der Waals surface area contributed by atoms with Gasteiger partial charge in [0.05, 0.1) is 16.5 Å². The van der Waals surface area contributed by atoms with E-state index in [2.05, 4.69) is 15.9 Å². The van der Waals surface area contributed by atoms with Gasteiger partial charge in [-0.25, -0.2) is 8.78 Å². The third-order valence-corrected chi connectivity index (χ3v) is 2.52. The van der Waals surface area contributed by atoms with Gasteiger partial charge in [-0.1, -0.05) is 0 Å². The summed E-state index contributed by atoms with van der Waals surface area (Å²) in [5.74, 6) is -4.27. The van der Waals surface area contributed by atoms with Crippen LogP contribution in [0.25, 0.3) is 0 Å². The van der Waals surface area contributed by atoms with Crippen LogP contribution in [0.5, 0.6) is 5.75 Å². The molecule has 0 radical (unpaired) electrons. The quantitative estimate of drug-likeness (QED) is 0.744. The van der Waals surface area contributed by atoms with Crippen molar-refractivity contribution in [2.24, 2.45) is 5.73 Å². The van der Waals surface area contributed by atoms with Crippen LogP contribution in [0.2, 0.25) is 0 Å². The Kier molecular flexibility index (Phi) is 3.82. The smallest absolute Gasteiger partial charge is 0.305 e. The van der Waals surface area contributed by atoms with Crippen LogP contribution < -0.4 is 5.73 Å². The molecule has 0 saturated carbocycles. The SMILES string of the molecule is NC(CC(=O)O)c1c(O)c(F)cc(Br)c1F. The molecule has 1 aromatic carbocycles. The molecule has 0 aromatic heterocycles. The fraction of sp³-hybridized carbons (Fsp3) is 0.222. The zero-order valence-corrected chi connectivity index (χ0v) is 9.46.